The summed E-state index contributed by atoms with van der Waals surface area (Å²) in [5, 5.41) is -0.665. The number of amides is 4. The Balaban J connectivity index is 1.84. The van der Waals surface area contributed by atoms with E-state index in [0.717, 1.165) is 24.4 Å². The third-order valence-electron chi connectivity index (χ3n) is 4.78. The summed E-state index contributed by atoms with van der Waals surface area (Å²) in [7, 11) is 3.34. The second kappa shape index (κ2) is 4.63. The highest BCUT2D eigenvalue weighted by molar-refractivity contribution is 8.00. The Morgan fingerprint density at radius 3 is 2.59 bits per heavy atom. The first-order chi connectivity index (χ1) is 10.6. The number of imide groups is 1. The molecule has 1 spiro atoms. The van der Waals surface area contributed by atoms with E-state index >= 15 is 0 Å². The Labute approximate surface area is 133 Å². The molecule has 7 heteroatoms. The van der Waals surface area contributed by atoms with E-state index in [1.807, 2.05) is 23.1 Å². The van der Waals surface area contributed by atoms with Crippen molar-refractivity contribution in [2.45, 2.75) is 11.2 Å². The van der Waals surface area contributed by atoms with Crippen LogP contribution < -0.4 is 0 Å². The van der Waals surface area contributed by atoms with Gasteiger partial charge in [-0.15, -0.1) is 0 Å². The van der Waals surface area contributed by atoms with Gasteiger partial charge in [0.2, 0.25) is 5.12 Å². The van der Waals surface area contributed by atoms with Crippen molar-refractivity contribution in [3.8, 4) is 0 Å². The van der Waals surface area contributed by atoms with Gasteiger partial charge in [0.1, 0.15) is 0 Å². The van der Waals surface area contributed by atoms with Crippen LogP contribution in [0, 0.1) is 0 Å². The van der Waals surface area contributed by atoms with Crippen molar-refractivity contribution in [1.29, 1.82) is 0 Å². The molecule has 22 heavy (non-hydrogen) atoms. The molecule has 2 unspecified atom stereocenters. The van der Waals surface area contributed by atoms with Crippen LogP contribution in [0.15, 0.2) is 30.3 Å². The van der Waals surface area contributed by atoms with Gasteiger partial charge in [-0.2, -0.15) is 0 Å². The fourth-order valence-electron chi connectivity index (χ4n) is 3.71. The van der Waals surface area contributed by atoms with Crippen molar-refractivity contribution >= 4 is 23.8 Å². The average molecular weight is 318 g/mol. The summed E-state index contributed by atoms with van der Waals surface area (Å²) in [4.78, 5) is 32.3. The van der Waals surface area contributed by atoms with Crippen molar-refractivity contribution < 1.29 is 9.59 Å². The highest BCUT2D eigenvalue weighted by Crippen LogP contribution is 2.53. The molecule has 4 amide bonds. The molecule has 3 aliphatic heterocycles. The van der Waals surface area contributed by atoms with Crippen molar-refractivity contribution in [1.82, 2.24) is 19.6 Å². The molecule has 3 fully saturated rings. The molecular weight excluding hydrogens is 300 g/mol. The molecular formula is C15H18N4O2S. The van der Waals surface area contributed by atoms with Crippen LogP contribution in [0.5, 0.6) is 0 Å². The number of hydrogen-bond donors (Lipinski definition) is 0. The molecule has 4 rings (SSSR count). The van der Waals surface area contributed by atoms with Gasteiger partial charge in [-0.1, -0.05) is 42.1 Å². The largest absolute Gasteiger partial charge is 0.332 e. The zero-order chi connectivity index (χ0) is 15.5. The van der Waals surface area contributed by atoms with Crippen LogP contribution >= 0.6 is 11.8 Å². The number of hydrogen-bond acceptors (Lipinski definition) is 4. The van der Waals surface area contributed by atoms with E-state index in [9.17, 15) is 9.59 Å². The zero-order valence-corrected chi connectivity index (χ0v) is 13.4. The Kier molecular flexibility index (Phi) is 2.93. The van der Waals surface area contributed by atoms with E-state index in [1.165, 1.54) is 4.90 Å². The summed E-state index contributed by atoms with van der Waals surface area (Å²) in [6.07, 6.45) is 0. The van der Waals surface area contributed by atoms with Gasteiger partial charge < -0.3 is 0 Å². The van der Waals surface area contributed by atoms with Crippen LogP contribution in [0.3, 0.4) is 0 Å². The summed E-state index contributed by atoms with van der Waals surface area (Å²) in [5.74, 6) is 0.923. The maximum Gasteiger partial charge on any atom is 0.332 e. The van der Waals surface area contributed by atoms with Gasteiger partial charge in [0.15, 0.2) is 0 Å². The van der Waals surface area contributed by atoms with E-state index < -0.39 is 5.12 Å². The Bertz CT molecular complexity index is 640. The molecule has 3 heterocycles. The molecule has 2 atom stereocenters. The summed E-state index contributed by atoms with van der Waals surface area (Å²) in [6.45, 7) is 1.65. The molecule has 6 nitrogen and oxygen atoms in total. The lowest BCUT2D eigenvalue weighted by molar-refractivity contribution is -0.0173. The number of nitrogens with zero attached hydrogens (tertiary/aromatic N) is 4. The van der Waals surface area contributed by atoms with Crippen LogP contribution in [0.4, 0.5) is 9.59 Å². The molecule has 3 aliphatic rings. The van der Waals surface area contributed by atoms with E-state index in [2.05, 4.69) is 17.0 Å². The maximum absolute atomic E-state index is 12.8. The lowest BCUT2D eigenvalue weighted by Gasteiger charge is -2.51. The second-order valence-electron chi connectivity index (χ2n) is 5.85. The third-order valence-corrected chi connectivity index (χ3v) is 6.28. The standard InChI is InChI=1S/C15H18N4O2S/c1-16-13(20)17(2)15-18(8-9-22-15)10-12(19(15)14(16)21)11-6-4-3-5-7-11/h3-7,12H,8-10H2,1-2H3. The first-order valence-corrected chi connectivity index (χ1v) is 8.34. The highest BCUT2D eigenvalue weighted by atomic mass is 32.2. The maximum atomic E-state index is 12.8. The Morgan fingerprint density at radius 2 is 1.86 bits per heavy atom. The minimum atomic E-state index is -0.665. The predicted octanol–water partition coefficient (Wildman–Crippen LogP) is 1.82. The van der Waals surface area contributed by atoms with Crippen LogP contribution in [-0.4, -0.2) is 69.7 Å². The van der Waals surface area contributed by atoms with Crippen LogP contribution in [-0.2, 0) is 0 Å². The van der Waals surface area contributed by atoms with Crippen molar-refractivity contribution in [2.24, 2.45) is 0 Å². The molecule has 0 aliphatic carbocycles. The highest BCUT2D eigenvalue weighted by Gasteiger charge is 2.65. The number of rotatable bonds is 1. The normalized spacial score (nSPS) is 31.7. The van der Waals surface area contributed by atoms with E-state index in [-0.39, 0.29) is 18.1 Å². The van der Waals surface area contributed by atoms with E-state index in [4.69, 9.17) is 0 Å². The number of benzene rings is 1. The van der Waals surface area contributed by atoms with E-state index in [0.29, 0.717) is 0 Å². The number of urea groups is 2. The van der Waals surface area contributed by atoms with Crippen molar-refractivity contribution in [2.75, 3.05) is 32.9 Å². The molecule has 0 bridgehead atoms. The summed E-state index contributed by atoms with van der Waals surface area (Å²) < 4.78 is 0. The topological polar surface area (TPSA) is 47.1 Å². The second-order valence-corrected chi connectivity index (χ2v) is 7.09. The molecule has 0 N–H and O–H groups in total. The molecule has 3 saturated heterocycles. The van der Waals surface area contributed by atoms with E-state index in [1.54, 1.807) is 30.8 Å². The zero-order valence-electron chi connectivity index (χ0n) is 12.6. The van der Waals surface area contributed by atoms with Gasteiger partial charge in [-0.25, -0.2) is 14.5 Å². The molecule has 0 aromatic heterocycles. The lowest BCUT2D eigenvalue weighted by Crippen LogP contribution is -2.71. The van der Waals surface area contributed by atoms with Gasteiger partial charge in [0.05, 0.1) is 6.04 Å². The summed E-state index contributed by atoms with van der Waals surface area (Å²) >= 11 is 1.67. The first kappa shape index (κ1) is 13.9. The average Bonchev–Trinajstić information content (AvgIpc) is 3.08. The van der Waals surface area contributed by atoms with Crippen molar-refractivity contribution in [3.63, 3.8) is 0 Å². The fourth-order valence-corrected chi connectivity index (χ4v) is 5.26. The van der Waals surface area contributed by atoms with Crippen molar-refractivity contribution in [3.05, 3.63) is 35.9 Å². The number of thioether (sulfide) groups is 1. The van der Waals surface area contributed by atoms with Gasteiger partial charge in [0, 0.05) is 32.9 Å². The monoisotopic (exact) mass is 318 g/mol. The Morgan fingerprint density at radius 1 is 1.14 bits per heavy atom. The molecule has 0 radical (unpaired) electrons. The quantitative estimate of drug-likeness (QED) is 0.792. The first-order valence-electron chi connectivity index (χ1n) is 7.36. The smallest absolute Gasteiger partial charge is 0.282 e. The molecule has 116 valence electrons. The van der Waals surface area contributed by atoms with Crippen LogP contribution in [0.2, 0.25) is 0 Å². The van der Waals surface area contributed by atoms with Crippen LogP contribution in [0.25, 0.3) is 0 Å². The number of carbonyl (C=O) groups is 2. The minimum absolute atomic E-state index is 0.0282. The molecule has 0 saturated carbocycles. The lowest BCUT2D eigenvalue weighted by atomic mass is 10.1. The Hall–Kier alpha value is -1.73. The summed E-state index contributed by atoms with van der Waals surface area (Å²) in [5.41, 5.74) is 1.11. The number of carbonyl (C=O) groups excluding carboxylic acids is 2. The van der Waals surface area contributed by atoms with Gasteiger partial charge in [0.25, 0.3) is 0 Å². The molecule has 1 aromatic rings. The molecule has 1 aromatic carbocycles. The van der Waals surface area contributed by atoms with Gasteiger partial charge in [-0.05, 0) is 5.56 Å². The predicted molar refractivity (Wildman–Crippen MR) is 84.1 cm³/mol. The summed E-state index contributed by atoms with van der Waals surface area (Å²) in [6, 6.07) is 9.58. The third kappa shape index (κ3) is 1.55. The SMILES string of the molecule is CN1C(=O)N(C)C23SCCN2CC(c2ccccc2)N3C1=O. The minimum Gasteiger partial charge on any atom is -0.282 e. The van der Waals surface area contributed by atoms with Gasteiger partial charge >= 0.3 is 12.1 Å². The fraction of sp³-hybridized carbons (Fsp3) is 0.467. The van der Waals surface area contributed by atoms with Crippen LogP contribution in [0.1, 0.15) is 11.6 Å². The van der Waals surface area contributed by atoms with Gasteiger partial charge in [-0.3, -0.25) is 14.7 Å².